The van der Waals surface area contributed by atoms with E-state index in [1.54, 1.807) is 25.1 Å². The highest BCUT2D eigenvalue weighted by Crippen LogP contribution is 2.34. The van der Waals surface area contributed by atoms with Crippen molar-refractivity contribution in [3.8, 4) is 11.5 Å². The van der Waals surface area contributed by atoms with Crippen LogP contribution in [0.15, 0.2) is 41.3 Å². The molecule has 2 aromatic carbocycles. The standard InChI is InChI=1S/C22H25N3O7S/c1-15-3-4-17(13-19(15)25(27)28)23-22(26)16-7-9-24(10-8-16)33(29,30)18-5-6-20-21(14-18)32-12-2-11-31-20/h3-6,13-14,16H,2,7-12H2,1H3,(H,23,26). The Bertz CT molecular complexity index is 1170. The number of aryl methyl sites for hydroxylation is 1. The molecule has 0 radical (unpaired) electrons. The van der Waals surface area contributed by atoms with Gasteiger partial charge in [-0.3, -0.25) is 14.9 Å². The summed E-state index contributed by atoms with van der Waals surface area (Å²) in [7, 11) is -3.74. The highest BCUT2D eigenvalue weighted by molar-refractivity contribution is 7.89. The number of rotatable bonds is 5. The zero-order valence-corrected chi connectivity index (χ0v) is 19.0. The lowest BCUT2D eigenvalue weighted by Gasteiger charge is -2.30. The number of nitro benzene ring substituents is 1. The lowest BCUT2D eigenvalue weighted by atomic mass is 9.97. The number of nitrogens with one attached hydrogen (secondary N) is 1. The summed E-state index contributed by atoms with van der Waals surface area (Å²) in [5.74, 6) is 0.273. The Morgan fingerprint density at radius 2 is 1.79 bits per heavy atom. The smallest absolute Gasteiger partial charge is 0.274 e. The van der Waals surface area contributed by atoms with Crippen molar-refractivity contribution in [2.24, 2.45) is 5.92 Å². The number of ether oxygens (including phenoxy) is 2. The minimum Gasteiger partial charge on any atom is -0.490 e. The van der Waals surface area contributed by atoms with Gasteiger partial charge in [0, 0.05) is 48.8 Å². The predicted octanol–water partition coefficient (Wildman–Crippen LogP) is 3.10. The van der Waals surface area contributed by atoms with E-state index in [1.165, 1.54) is 22.5 Å². The van der Waals surface area contributed by atoms with Gasteiger partial charge in [0.25, 0.3) is 5.69 Å². The number of anilines is 1. The monoisotopic (exact) mass is 475 g/mol. The van der Waals surface area contributed by atoms with Crippen LogP contribution in [0.25, 0.3) is 0 Å². The Morgan fingerprint density at radius 3 is 2.48 bits per heavy atom. The second-order valence-electron chi connectivity index (χ2n) is 8.09. The van der Waals surface area contributed by atoms with Gasteiger partial charge in [-0.15, -0.1) is 0 Å². The van der Waals surface area contributed by atoms with E-state index in [1.807, 2.05) is 0 Å². The average molecular weight is 476 g/mol. The molecule has 2 aliphatic rings. The van der Waals surface area contributed by atoms with Gasteiger partial charge in [-0.1, -0.05) is 6.07 Å². The van der Waals surface area contributed by atoms with Gasteiger partial charge in [0.15, 0.2) is 11.5 Å². The third-order valence-electron chi connectivity index (χ3n) is 5.85. The molecule has 2 heterocycles. The molecule has 176 valence electrons. The van der Waals surface area contributed by atoms with Crippen molar-refractivity contribution < 1.29 is 27.6 Å². The van der Waals surface area contributed by atoms with E-state index in [0.717, 1.165) is 6.42 Å². The number of sulfonamides is 1. The molecule has 33 heavy (non-hydrogen) atoms. The molecule has 1 fully saturated rings. The minimum atomic E-state index is -3.74. The zero-order chi connectivity index (χ0) is 23.6. The lowest BCUT2D eigenvalue weighted by Crippen LogP contribution is -2.41. The van der Waals surface area contributed by atoms with Crippen LogP contribution in [0.5, 0.6) is 11.5 Å². The molecule has 2 aromatic rings. The molecular formula is C22H25N3O7S. The van der Waals surface area contributed by atoms with Crippen molar-refractivity contribution in [2.75, 3.05) is 31.6 Å². The summed E-state index contributed by atoms with van der Waals surface area (Å²) in [4.78, 5) is 23.4. The SMILES string of the molecule is Cc1ccc(NC(=O)C2CCN(S(=O)(=O)c3ccc4c(c3)OCCCO4)CC2)cc1[N+](=O)[O-]. The summed E-state index contributed by atoms with van der Waals surface area (Å²) < 4.78 is 38.8. The first-order valence-corrected chi connectivity index (χ1v) is 12.2. The Balaban J connectivity index is 1.40. The number of carbonyl (C=O) groups is 1. The maximum Gasteiger partial charge on any atom is 0.274 e. The van der Waals surface area contributed by atoms with Gasteiger partial charge in [0.1, 0.15) is 0 Å². The van der Waals surface area contributed by atoms with E-state index < -0.39 is 14.9 Å². The summed E-state index contributed by atoms with van der Waals surface area (Å²) in [6.45, 7) is 3.00. The molecule has 0 atom stereocenters. The normalized spacial score (nSPS) is 17.2. The number of hydrogen-bond acceptors (Lipinski definition) is 7. The molecule has 4 rings (SSSR count). The quantitative estimate of drug-likeness (QED) is 0.520. The predicted molar refractivity (Wildman–Crippen MR) is 120 cm³/mol. The molecule has 1 N–H and O–H groups in total. The van der Waals surface area contributed by atoms with E-state index in [0.29, 0.717) is 48.8 Å². The maximum absolute atomic E-state index is 13.1. The van der Waals surface area contributed by atoms with Crippen molar-refractivity contribution in [3.63, 3.8) is 0 Å². The zero-order valence-electron chi connectivity index (χ0n) is 18.2. The molecular weight excluding hydrogens is 450 g/mol. The lowest BCUT2D eigenvalue weighted by molar-refractivity contribution is -0.385. The number of carbonyl (C=O) groups excluding carboxylic acids is 1. The number of amides is 1. The van der Waals surface area contributed by atoms with Crippen molar-refractivity contribution in [1.29, 1.82) is 0 Å². The van der Waals surface area contributed by atoms with Gasteiger partial charge >= 0.3 is 0 Å². The first-order chi connectivity index (χ1) is 15.8. The summed E-state index contributed by atoms with van der Waals surface area (Å²) in [5, 5.41) is 13.8. The molecule has 11 heteroatoms. The van der Waals surface area contributed by atoms with E-state index in [4.69, 9.17) is 9.47 Å². The second kappa shape index (κ2) is 9.36. The minimum absolute atomic E-state index is 0.0659. The van der Waals surface area contributed by atoms with Crippen molar-refractivity contribution in [2.45, 2.75) is 31.1 Å². The van der Waals surface area contributed by atoms with Gasteiger partial charge < -0.3 is 14.8 Å². The first kappa shape index (κ1) is 23.0. The number of fused-ring (bicyclic) bond motifs is 1. The molecule has 1 amide bonds. The van der Waals surface area contributed by atoms with Gasteiger partial charge in [-0.25, -0.2) is 8.42 Å². The topological polar surface area (TPSA) is 128 Å². The molecule has 0 spiro atoms. The van der Waals surface area contributed by atoms with Crippen molar-refractivity contribution in [1.82, 2.24) is 4.31 Å². The first-order valence-electron chi connectivity index (χ1n) is 10.7. The highest BCUT2D eigenvalue weighted by atomic mass is 32.2. The highest BCUT2D eigenvalue weighted by Gasteiger charge is 2.33. The third-order valence-corrected chi connectivity index (χ3v) is 7.75. The molecule has 1 saturated heterocycles. The fourth-order valence-corrected chi connectivity index (χ4v) is 5.43. The summed E-state index contributed by atoms with van der Waals surface area (Å²) in [6.07, 6.45) is 1.43. The van der Waals surface area contributed by atoms with Gasteiger partial charge in [0.05, 0.1) is 23.0 Å². The molecule has 0 bridgehead atoms. The Kier molecular flexibility index (Phi) is 6.52. The van der Waals surface area contributed by atoms with Crippen LogP contribution in [0, 0.1) is 23.0 Å². The van der Waals surface area contributed by atoms with Gasteiger partial charge in [-0.2, -0.15) is 4.31 Å². The second-order valence-corrected chi connectivity index (χ2v) is 10.0. The Morgan fingerprint density at radius 1 is 1.09 bits per heavy atom. The van der Waals surface area contributed by atoms with Crippen LogP contribution < -0.4 is 14.8 Å². The Labute approximate surface area is 191 Å². The number of nitrogens with zero attached hydrogens (tertiary/aromatic N) is 2. The third kappa shape index (κ3) is 4.93. The largest absolute Gasteiger partial charge is 0.490 e. The van der Waals surface area contributed by atoms with Crippen LogP contribution in [0.2, 0.25) is 0 Å². The summed E-state index contributed by atoms with van der Waals surface area (Å²) >= 11 is 0. The molecule has 10 nitrogen and oxygen atoms in total. The van der Waals surface area contributed by atoms with E-state index in [-0.39, 0.29) is 35.5 Å². The van der Waals surface area contributed by atoms with Gasteiger partial charge in [-0.05, 0) is 38.0 Å². The summed E-state index contributed by atoms with van der Waals surface area (Å²) in [6, 6.07) is 9.12. The van der Waals surface area contributed by atoms with Crippen LogP contribution in [0.3, 0.4) is 0 Å². The van der Waals surface area contributed by atoms with Crippen LogP contribution in [0.4, 0.5) is 11.4 Å². The average Bonchev–Trinajstić information content (AvgIpc) is 3.05. The number of nitro groups is 1. The fourth-order valence-electron chi connectivity index (χ4n) is 3.94. The van der Waals surface area contributed by atoms with E-state index >= 15 is 0 Å². The molecule has 0 aromatic heterocycles. The number of benzene rings is 2. The fraction of sp³-hybridized carbons (Fsp3) is 0.409. The maximum atomic E-state index is 13.1. The Hall–Kier alpha value is -3.18. The molecule has 2 aliphatic heterocycles. The van der Waals surface area contributed by atoms with Crippen LogP contribution in [0.1, 0.15) is 24.8 Å². The number of piperidine rings is 1. The van der Waals surface area contributed by atoms with Gasteiger partial charge in [0.2, 0.25) is 15.9 Å². The molecule has 0 saturated carbocycles. The van der Waals surface area contributed by atoms with Crippen molar-refractivity contribution >= 4 is 27.3 Å². The molecule has 0 unspecified atom stereocenters. The molecule has 0 aliphatic carbocycles. The van der Waals surface area contributed by atoms with E-state index in [2.05, 4.69) is 5.32 Å². The van der Waals surface area contributed by atoms with Crippen molar-refractivity contribution in [3.05, 3.63) is 52.1 Å². The summed E-state index contributed by atoms with van der Waals surface area (Å²) in [5.41, 5.74) is 0.787. The number of hydrogen-bond donors (Lipinski definition) is 1. The van der Waals surface area contributed by atoms with Crippen LogP contribution in [-0.4, -0.2) is 49.9 Å². The van der Waals surface area contributed by atoms with Crippen LogP contribution >= 0.6 is 0 Å². The van der Waals surface area contributed by atoms with E-state index in [9.17, 15) is 23.3 Å². The van der Waals surface area contributed by atoms with Crippen LogP contribution in [-0.2, 0) is 14.8 Å².